The minimum atomic E-state index is -3.51. The van der Waals surface area contributed by atoms with Gasteiger partial charge >= 0.3 is 0 Å². The van der Waals surface area contributed by atoms with Gasteiger partial charge in [-0.3, -0.25) is 0 Å². The Morgan fingerprint density at radius 2 is 2.00 bits per heavy atom. The normalized spacial score (nSPS) is 11.8. The minimum Gasteiger partial charge on any atom is -0.399 e. The maximum atomic E-state index is 12.0. The smallest absolute Gasteiger partial charge is 0.242 e. The standard InChI is InChI=1S/C12H21N3O2S/c1-5-15(9(2)3)11-7-6-10(13)8-12(11)18(16,17)14-4/h6-9,14H,5,13H2,1-4H3. The Balaban J connectivity index is 3.45. The van der Waals surface area contributed by atoms with Crippen molar-refractivity contribution in [2.24, 2.45) is 0 Å². The lowest BCUT2D eigenvalue weighted by atomic mass is 10.2. The molecule has 102 valence electrons. The molecule has 6 heteroatoms. The molecule has 0 heterocycles. The zero-order chi connectivity index (χ0) is 13.9. The van der Waals surface area contributed by atoms with Gasteiger partial charge in [0.2, 0.25) is 10.0 Å². The van der Waals surface area contributed by atoms with Crippen molar-refractivity contribution in [3.63, 3.8) is 0 Å². The molecule has 3 N–H and O–H groups in total. The second-order valence-corrected chi connectivity index (χ2v) is 6.17. The Morgan fingerprint density at radius 3 is 2.44 bits per heavy atom. The molecule has 0 saturated heterocycles. The van der Waals surface area contributed by atoms with E-state index in [0.717, 1.165) is 6.54 Å². The van der Waals surface area contributed by atoms with Crippen LogP contribution in [0, 0.1) is 0 Å². The Labute approximate surface area is 109 Å². The number of sulfonamides is 1. The first-order chi connectivity index (χ1) is 8.33. The maximum Gasteiger partial charge on any atom is 0.242 e. The second kappa shape index (κ2) is 5.58. The van der Waals surface area contributed by atoms with E-state index in [1.54, 1.807) is 12.1 Å². The summed E-state index contributed by atoms with van der Waals surface area (Å²) in [5.41, 5.74) is 6.80. The van der Waals surface area contributed by atoms with Gasteiger partial charge in [0.05, 0.1) is 5.69 Å². The largest absolute Gasteiger partial charge is 0.399 e. The van der Waals surface area contributed by atoms with E-state index in [2.05, 4.69) is 4.72 Å². The lowest BCUT2D eigenvalue weighted by Gasteiger charge is -2.29. The summed E-state index contributed by atoms with van der Waals surface area (Å²) in [7, 11) is -2.11. The van der Waals surface area contributed by atoms with Crippen molar-refractivity contribution in [1.82, 2.24) is 4.72 Å². The zero-order valence-corrected chi connectivity index (χ0v) is 12.1. The van der Waals surface area contributed by atoms with Crippen LogP contribution in [0.4, 0.5) is 11.4 Å². The Hall–Kier alpha value is -1.27. The number of nitrogen functional groups attached to an aromatic ring is 1. The molecule has 0 radical (unpaired) electrons. The molecule has 0 aliphatic carbocycles. The van der Waals surface area contributed by atoms with Crippen LogP contribution in [-0.2, 0) is 10.0 Å². The highest BCUT2D eigenvalue weighted by atomic mass is 32.2. The fourth-order valence-corrected chi connectivity index (χ4v) is 2.88. The number of hydrogen-bond donors (Lipinski definition) is 2. The molecule has 0 aromatic heterocycles. The number of anilines is 2. The monoisotopic (exact) mass is 271 g/mol. The summed E-state index contributed by atoms with van der Waals surface area (Å²) < 4.78 is 26.4. The summed E-state index contributed by atoms with van der Waals surface area (Å²) in [6, 6.07) is 5.18. The quantitative estimate of drug-likeness (QED) is 0.794. The molecular formula is C12H21N3O2S. The number of benzene rings is 1. The van der Waals surface area contributed by atoms with Gasteiger partial charge < -0.3 is 10.6 Å². The molecule has 0 spiro atoms. The molecule has 0 aliphatic rings. The number of hydrogen-bond acceptors (Lipinski definition) is 4. The van der Waals surface area contributed by atoms with E-state index in [0.29, 0.717) is 11.4 Å². The number of nitrogens with one attached hydrogen (secondary N) is 1. The van der Waals surface area contributed by atoms with Crippen molar-refractivity contribution in [3.8, 4) is 0 Å². The lowest BCUT2D eigenvalue weighted by Crippen LogP contribution is -2.32. The van der Waals surface area contributed by atoms with E-state index >= 15 is 0 Å². The number of rotatable bonds is 5. The predicted octanol–water partition coefficient (Wildman–Crippen LogP) is 1.41. The molecule has 0 atom stereocenters. The molecule has 0 amide bonds. The van der Waals surface area contributed by atoms with Crippen LogP contribution in [0.1, 0.15) is 20.8 Å². The minimum absolute atomic E-state index is 0.212. The average molecular weight is 271 g/mol. The summed E-state index contributed by atoms with van der Waals surface area (Å²) in [5, 5.41) is 0. The van der Waals surface area contributed by atoms with Gasteiger partial charge in [0, 0.05) is 18.3 Å². The van der Waals surface area contributed by atoms with Crippen molar-refractivity contribution in [3.05, 3.63) is 18.2 Å². The van der Waals surface area contributed by atoms with Gasteiger partial charge in [-0.25, -0.2) is 13.1 Å². The summed E-state index contributed by atoms with van der Waals surface area (Å²) in [4.78, 5) is 2.24. The molecule has 1 aromatic carbocycles. The van der Waals surface area contributed by atoms with Crippen molar-refractivity contribution in [1.29, 1.82) is 0 Å². The Morgan fingerprint density at radius 1 is 1.39 bits per heavy atom. The Kier molecular flexibility index (Phi) is 4.59. The molecule has 1 rings (SSSR count). The highest BCUT2D eigenvalue weighted by Crippen LogP contribution is 2.28. The summed E-state index contributed by atoms with van der Waals surface area (Å²) in [6.45, 7) is 6.77. The molecule has 0 aliphatic heterocycles. The summed E-state index contributed by atoms with van der Waals surface area (Å²) in [6.07, 6.45) is 0. The summed E-state index contributed by atoms with van der Waals surface area (Å²) >= 11 is 0. The molecule has 0 unspecified atom stereocenters. The van der Waals surface area contributed by atoms with Gasteiger partial charge in [0.25, 0.3) is 0 Å². The van der Waals surface area contributed by atoms with Crippen LogP contribution in [0.25, 0.3) is 0 Å². The van der Waals surface area contributed by atoms with Crippen molar-refractivity contribution in [2.75, 3.05) is 24.2 Å². The van der Waals surface area contributed by atoms with Crippen LogP contribution in [0.2, 0.25) is 0 Å². The molecular weight excluding hydrogens is 250 g/mol. The summed E-state index contributed by atoms with van der Waals surface area (Å²) in [5.74, 6) is 0. The topological polar surface area (TPSA) is 75.4 Å². The van der Waals surface area contributed by atoms with E-state index in [1.165, 1.54) is 13.1 Å². The molecule has 0 bridgehead atoms. The molecule has 1 aromatic rings. The fourth-order valence-electron chi connectivity index (χ4n) is 1.91. The van der Waals surface area contributed by atoms with Gasteiger partial charge in [0.1, 0.15) is 4.90 Å². The van der Waals surface area contributed by atoms with Crippen molar-refractivity contribution < 1.29 is 8.42 Å². The second-order valence-electron chi connectivity index (χ2n) is 4.31. The van der Waals surface area contributed by atoms with Crippen LogP contribution in [0.3, 0.4) is 0 Å². The average Bonchev–Trinajstić information content (AvgIpc) is 2.31. The third-order valence-electron chi connectivity index (χ3n) is 2.82. The first-order valence-electron chi connectivity index (χ1n) is 5.93. The fraction of sp³-hybridized carbons (Fsp3) is 0.500. The zero-order valence-electron chi connectivity index (χ0n) is 11.3. The van der Waals surface area contributed by atoms with Crippen LogP contribution in [0.5, 0.6) is 0 Å². The Bertz CT molecular complexity index is 512. The van der Waals surface area contributed by atoms with E-state index in [9.17, 15) is 8.42 Å². The number of nitrogens with two attached hydrogens (primary N) is 1. The highest BCUT2D eigenvalue weighted by Gasteiger charge is 2.21. The van der Waals surface area contributed by atoms with Gasteiger partial charge in [-0.1, -0.05) is 0 Å². The molecule has 0 saturated carbocycles. The first kappa shape index (κ1) is 14.8. The van der Waals surface area contributed by atoms with E-state index < -0.39 is 10.0 Å². The van der Waals surface area contributed by atoms with Gasteiger partial charge in [-0.15, -0.1) is 0 Å². The van der Waals surface area contributed by atoms with Gasteiger partial charge in [-0.2, -0.15) is 0 Å². The third kappa shape index (κ3) is 2.94. The highest BCUT2D eigenvalue weighted by molar-refractivity contribution is 7.89. The van der Waals surface area contributed by atoms with Gasteiger partial charge in [-0.05, 0) is 46.0 Å². The lowest BCUT2D eigenvalue weighted by molar-refractivity contribution is 0.587. The van der Waals surface area contributed by atoms with E-state index in [4.69, 9.17) is 5.73 Å². The van der Waals surface area contributed by atoms with E-state index in [-0.39, 0.29) is 10.9 Å². The first-order valence-corrected chi connectivity index (χ1v) is 7.41. The third-order valence-corrected chi connectivity index (χ3v) is 4.26. The van der Waals surface area contributed by atoms with Crippen LogP contribution in [0.15, 0.2) is 23.1 Å². The van der Waals surface area contributed by atoms with Crippen LogP contribution < -0.4 is 15.4 Å². The van der Waals surface area contributed by atoms with Gasteiger partial charge in [0.15, 0.2) is 0 Å². The molecule has 5 nitrogen and oxygen atoms in total. The predicted molar refractivity (Wildman–Crippen MR) is 75.3 cm³/mol. The van der Waals surface area contributed by atoms with Crippen molar-refractivity contribution in [2.45, 2.75) is 31.7 Å². The van der Waals surface area contributed by atoms with Crippen molar-refractivity contribution >= 4 is 21.4 Å². The molecule has 18 heavy (non-hydrogen) atoms. The molecule has 0 fully saturated rings. The maximum absolute atomic E-state index is 12.0. The number of nitrogens with zero attached hydrogens (tertiary/aromatic N) is 1. The van der Waals surface area contributed by atoms with Crippen LogP contribution >= 0.6 is 0 Å². The SMILES string of the molecule is CCN(c1ccc(N)cc1S(=O)(=O)NC)C(C)C. The van der Waals surface area contributed by atoms with Crippen LogP contribution in [-0.4, -0.2) is 28.1 Å². The van der Waals surface area contributed by atoms with E-state index in [1.807, 2.05) is 25.7 Å².